The standard InChI is InChI=1S/C16H18N2O4S/c1-3-11(2)17-16(19)15-8-12(10-23-15)9-22-14-6-4-13(5-7-14)18(20)21/h4-8,10-11H,3,9H2,1-2H3,(H,17,19). The number of ether oxygens (including phenoxy) is 1. The molecule has 1 N–H and O–H groups in total. The van der Waals surface area contributed by atoms with E-state index in [4.69, 9.17) is 4.74 Å². The highest BCUT2D eigenvalue weighted by atomic mass is 32.1. The molecule has 122 valence electrons. The first-order valence-electron chi connectivity index (χ1n) is 7.25. The third-order valence-corrected chi connectivity index (χ3v) is 4.30. The second-order valence-electron chi connectivity index (χ2n) is 5.14. The van der Waals surface area contributed by atoms with Crippen molar-refractivity contribution in [1.29, 1.82) is 0 Å². The molecule has 2 rings (SSSR count). The minimum atomic E-state index is -0.454. The van der Waals surface area contributed by atoms with E-state index in [1.165, 1.54) is 23.5 Å². The van der Waals surface area contributed by atoms with Gasteiger partial charge in [0.1, 0.15) is 12.4 Å². The molecule has 1 amide bonds. The Morgan fingerprint density at radius 2 is 2.09 bits per heavy atom. The largest absolute Gasteiger partial charge is 0.489 e. The molecule has 1 aromatic heterocycles. The first kappa shape index (κ1) is 17.0. The smallest absolute Gasteiger partial charge is 0.269 e. The Kier molecular flexibility index (Phi) is 5.70. The van der Waals surface area contributed by atoms with Crippen molar-refractivity contribution >= 4 is 22.9 Å². The lowest BCUT2D eigenvalue weighted by Gasteiger charge is -2.09. The lowest BCUT2D eigenvalue weighted by atomic mass is 10.2. The summed E-state index contributed by atoms with van der Waals surface area (Å²) in [7, 11) is 0. The van der Waals surface area contributed by atoms with Gasteiger partial charge in [0, 0.05) is 23.7 Å². The predicted molar refractivity (Wildman–Crippen MR) is 89.0 cm³/mol. The summed E-state index contributed by atoms with van der Waals surface area (Å²) >= 11 is 1.37. The number of hydrogen-bond acceptors (Lipinski definition) is 5. The van der Waals surface area contributed by atoms with Gasteiger partial charge in [0.05, 0.1) is 9.80 Å². The fraction of sp³-hybridized carbons (Fsp3) is 0.312. The van der Waals surface area contributed by atoms with Gasteiger partial charge in [-0.05, 0) is 36.9 Å². The average Bonchev–Trinajstić information content (AvgIpc) is 3.02. The molecule has 0 bridgehead atoms. The van der Waals surface area contributed by atoms with Crippen LogP contribution in [0.3, 0.4) is 0 Å². The summed E-state index contributed by atoms with van der Waals surface area (Å²) in [6.07, 6.45) is 0.882. The van der Waals surface area contributed by atoms with Crippen LogP contribution in [0.5, 0.6) is 5.75 Å². The van der Waals surface area contributed by atoms with Gasteiger partial charge in [-0.15, -0.1) is 11.3 Å². The predicted octanol–water partition coefficient (Wildman–Crippen LogP) is 3.76. The number of nitro groups is 1. The van der Waals surface area contributed by atoms with E-state index in [0.717, 1.165) is 12.0 Å². The number of thiophene rings is 1. The van der Waals surface area contributed by atoms with Crippen LogP contribution < -0.4 is 10.1 Å². The quantitative estimate of drug-likeness (QED) is 0.617. The summed E-state index contributed by atoms with van der Waals surface area (Å²) < 4.78 is 5.57. The van der Waals surface area contributed by atoms with Crippen LogP contribution in [0.4, 0.5) is 5.69 Å². The second-order valence-corrected chi connectivity index (χ2v) is 6.05. The Bertz CT molecular complexity index is 682. The molecule has 0 radical (unpaired) electrons. The highest BCUT2D eigenvalue weighted by Gasteiger charge is 2.11. The molecule has 0 fully saturated rings. The van der Waals surface area contributed by atoms with Crippen molar-refractivity contribution in [2.75, 3.05) is 0 Å². The zero-order valence-electron chi connectivity index (χ0n) is 12.9. The van der Waals surface area contributed by atoms with Gasteiger partial charge in [-0.1, -0.05) is 6.92 Å². The van der Waals surface area contributed by atoms with Gasteiger partial charge in [-0.25, -0.2) is 0 Å². The molecule has 0 aliphatic rings. The summed E-state index contributed by atoms with van der Waals surface area (Å²) in [5.41, 5.74) is 0.916. The van der Waals surface area contributed by atoms with Crippen molar-refractivity contribution in [1.82, 2.24) is 5.32 Å². The number of amides is 1. The van der Waals surface area contributed by atoms with E-state index >= 15 is 0 Å². The molecule has 0 saturated heterocycles. The minimum Gasteiger partial charge on any atom is -0.489 e. The maximum absolute atomic E-state index is 12.0. The van der Waals surface area contributed by atoms with Crippen molar-refractivity contribution < 1.29 is 14.5 Å². The van der Waals surface area contributed by atoms with E-state index in [9.17, 15) is 14.9 Å². The Morgan fingerprint density at radius 1 is 1.39 bits per heavy atom. The number of nitrogens with zero attached hydrogens (tertiary/aromatic N) is 1. The van der Waals surface area contributed by atoms with E-state index in [2.05, 4.69) is 5.32 Å². The van der Waals surface area contributed by atoms with Crippen LogP contribution >= 0.6 is 11.3 Å². The van der Waals surface area contributed by atoms with Gasteiger partial charge in [0.15, 0.2) is 0 Å². The van der Waals surface area contributed by atoms with E-state index in [1.807, 2.05) is 19.2 Å². The van der Waals surface area contributed by atoms with Crippen molar-refractivity contribution in [3.05, 3.63) is 56.3 Å². The molecule has 7 heteroatoms. The molecular formula is C16H18N2O4S. The summed E-state index contributed by atoms with van der Waals surface area (Å²) in [5, 5.41) is 15.4. The zero-order valence-corrected chi connectivity index (χ0v) is 13.8. The SMILES string of the molecule is CCC(C)NC(=O)c1cc(COc2ccc([N+](=O)[O-])cc2)cs1. The van der Waals surface area contributed by atoms with Gasteiger partial charge in [-0.2, -0.15) is 0 Å². The maximum atomic E-state index is 12.0. The molecule has 0 spiro atoms. The highest BCUT2D eigenvalue weighted by Crippen LogP contribution is 2.20. The molecule has 23 heavy (non-hydrogen) atoms. The normalized spacial score (nSPS) is 11.7. The van der Waals surface area contributed by atoms with Crippen LogP contribution in [0.1, 0.15) is 35.5 Å². The Balaban J connectivity index is 1.91. The summed E-state index contributed by atoms with van der Waals surface area (Å²) in [6.45, 7) is 4.29. The number of non-ortho nitro benzene ring substituents is 1. The molecule has 6 nitrogen and oxygen atoms in total. The Morgan fingerprint density at radius 3 is 2.70 bits per heavy atom. The second kappa shape index (κ2) is 7.73. The number of rotatable bonds is 7. The van der Waals surface area contributed by atoms with Crippen molar-refractivity contribution in [3.8, 4) is 5.75 Å². The lowest BCUT2D eigenvalue weighted by Crippen LogP contribution is -2.31. The zero-order chi connectivity index (χ0) is 16.8. The molecule has 0 saturated carbocycles. The average molecular weight is 334 g/mol. The number of nitrogens with one attached hydrogen (secondary N) is 1. The summed E-state index contributed by atoms with van der Waals surface area (Å²) in [5.74, 6) is 0.471. The van der Waals surface area contributed by atoms with Crippen LogP contribution in [0.15, 0.2) is 35.7 Å². The van der Waals surface area contributed by atoms with Crippen molar-refractivity contribution in [2.24, 2.45) is 0 Å². The van der Waals surface area contributed by atoms with Gasteiger partial charge < -0.3 is 10.1 Å². The Labute approximate surface area is 138 Å². The van der Waals surface area contributed by atoms with Crippen LogP contribution in [-0.4, -0.2) is 16.9 Å². The fourth-order valence-electron chi connectivity index (χ4n) is 1.80. The topological polar surface area (TPSA) is 81.5 Å². The van der Waals surface area contributed by atoms with Crippen LogP contribution in [0, 0.1) is 10.1 Å². The monoisotopic (exact) mass is 334 g/mol. The number of nitro benzene ring substituents is 1. The van der Waals surface area contributed by atoms with E-state index in [0.29, 0.717) is 17.2 Å². The first-order valence-corrected chi connectivity index (χ1v) is 8.13. The molecule has 1 heterocycles. The molecule has 2 aromatic rings. The van der Waals surface area contributed by atoms with Crippen molar-refractivity contribution in [2.45, 2.75) is 32.9 Å². The number of carbonyl (C=O) groups is 1. The van der Waals surface area contributed by atoms with Gasteiger partial charge in [0.25, 0.3) is 11.6 Å². The third-order valence-electron chi connectivity index (χ3n) is 3.32. The number of carbonyl (C=O) groups excluding carboxylic acids is 1. The lowest BCUT2D eigenvalue weighted by molar-refractivity contribution is -0.384. The highest BCUT2D eigenvalue weighted by molar-refractivity contribution is 7.12. The molecule has 0 aliphatic heterocycles. The molecule has 0 aliphatic carbocycles. The molecule has 1 atom stereocenters. The first-order chi connectivity index (χ1) is 11.0. The van der Waals surface area contributed by atoms with Crippen LogP contribution in [0.2, 0.25) is 0 Å². The van der Waals surface area contributed by atoms with E-state index < -0.39 is 4.92 Å². The molecule has 1 unspecified atom stereocenters. The molecular weight excluding hydrogens is 316 g/mol. The van der Waals surface area contributed by atoms with Gasteiger partial charge in [0.2, 0.25) is 0 Å². The Hall–Kier alpha value is -2.41. The van der Waals surface area contributed by atoms with Crippen LogP contribution in [-0.2, 0) is 6.61 Å². The van der Waals surface area contributed by atoms with Gasteiger partial charge >= 0.3 is 0 Å². The fourth-order valence-corrected chi connectivity index (χ4v) is 2.60. The third kappa shape index (κ3) is 4.79. The van der Waals surface area contributed by atoms with Gasteiger partial charge in [-0.3, -0.25) is 14.9 Å². The number of hydrogen-bond donors (Lipinski definition) is 1. The summed E-state index contributed by atoms with van der Waals surface area (Å²) in [4.78, 5) is 22.8. The number of benzene rings is 1. The maximum Gasteiger partial charge on any atom is 0.269 e. The van der Waals surface area contributed by atoms with E-state index in [-0.39, 0.29) is 17.6 Å². The van der Waals surface area contributed by atoms with Crippen LogP contribution in [0.25, 0.3) is 0 Å². The summed E-state index contributed by atoms with van der Waals surface area (Å²) in [6, 6.07) is 7.85. The van der Waals surface area contributed by atoms with Crippen molar-refractivity contribution in [3.63, 3.8) is 0 Å². The molecule has 1 aromatic carbocycles. The minimum absolute atomic E-state index is 0.0249. The van der Waals surface area contributed by atoms with E-state index in [1.54, 1.807) is 18.2 Å².